The first-order valence-electron chi connectivity index (χ1n) is 15.2. The van der Waals surface area contributed by atoms with Crippen LogP contribution in [0.4, 0.5) is 24.5 Å². The van der Waals surface area contributed by atoms with Crippen molar-refractivity contribution in [2.75, 3.05) is 37.0 Å². The van der Waals surface area contributed by atoms with Gasteiger partial charge in [-0.15, -0.1) is 0 Å². The second-order valence-electron chi connectivity index (χ2n) is 11.6. The van der Waals surface area contributed by atoms with Crippen molar-refractivity contribution in [2.24, 2.45) is 0 Å². The minimum Gasteiger partial charge on any atom is -0.478 e. The average Bonchev–Trinajstić information content (AvgIpc) is 3.54. The summed E-state index contributed by atoms with van der Waals surface area (Å²) in [4.78, 5) is 43.0. The molecule has 1 saturated heterocycles. The number of anilines is 2. The van der Waals surface area contributed by atoms with E-state index in [2.05, 4.69) is 15.3 Å². The zero-order valence-corrected chi connectivity index (χ0v) is 26.5. The molecule has 2 aliphatic rings. The van der Waals surface area contributed by atoms with Gasteiger partial charge in [0.1, 0.15) is 6.04 Å². The minimum atomic E-state index is -4.98. The van der Waals surface area contributed by atoms with Crippen LogP contribution in [0.5, 0.6) is 0 Å². The zero-order valence-electron chi connectivity index (χ0n) is 25.7. The Kier molecular flexibility index (Phi) is 9.17. The number of nitrogens with one attached hydrogen (secondary N) is 1. The molecule has 250 valence electrons. The van der Waals surface area contributed by atoms with Gasteiger partial charge in [-0.25, -0.2) is 9.48 Å². The fourth-order valence-corrected chi connectivity index (χ4v) is 6.61. The highest BCUT2D eigenvalue weighted by Crippen LogP contribution is 2.40. The molecule has 10 nitrogen and oxygen atoms in total. The van der Waals surface area contributed by atoms with Crippen LogP contribution in [0.25, 0.3) is 5.69 Å². The lowest BCUT2D eigenvalue weighted by atomic mass is 9.89. The first-order chi connectivity index (χ1) is 23.0. The molecular weight excluding hydrogens is 651 g/mol. The SMILES string of the molecule is COC1CCN(c2cccc3c2CCN(C(=O)c2cnn(-c4cccc(Cl)c4)c2C(F)(F)F)C3C(=O)Nc2ccc(C(=O)O)cc2)CC1. The van der Waals surface area contributed by atoms with Crippen LogP contribution in [0, 0.1) is 0 Å². The number of hydrogen-bond acceptors (Lipinski definition) is 6. The van der Waals surface area contributed by atoms with Gasteiger partial charge in [0, 0.05) is 43.1 Å². The highest BCUT2D eigenvalue weighted by molar-refractivity contribution is 6.30. The predicted octanol–water partition coefficient (Wildman–Crippen LogP) is 6.24. The summed E-state index contributed by atoms with van der Waals surface area (Å²) in [5, 5.41) is 16.1. The van der Waals surface area contributed by atoms with E-state index in [1.807, 2.05) is 6.07 Å². The number of methoxy groups -OCH3 is 1. The van der Waals surface area contributed by atoms with E-state index < -0.39 is 41.3 Å². The number of fused-ring (bicyclic) bond motifs is 1. The van der Waals surface area contributed by atoms with Crippen LogP contribution in [-0.4, -0.2) is 70.4 Å². The molecule has 3 heterocycles. The quantitative estimate of drug-likeness (QED) is 0.237. The van der Waals surface area contributed by atoms with Gasteiger partial charge >= 0.3 is 12.1 Å². The highest BCUT2D eigenvalue weighted by atomic mass is 35.5. The molecule has 2 N–H and O–H groups in total. The standard InChI is InChI=1S/C34H31ClF3N5O5/c1-48-24-12-15-41(16-13-24)28-7-3-6-26-25(28)14-17-42(29(26)31(44)40-22-10-8-20(9-11-22)33(46)47)32(45)27-19-39-43(30(27)34(36,37)38)23-5-2-4-21(35)18-23/h2-11,18-19,24,29H,12-17H2,1H3,(H,40,44)(H,46,47). The molecule has 2 aliphatic heterocycles. The Morgan fingerprint density at radius 1 is 1.00 bits per heavy atom. The fourth-order valence-electron chi connectivity index (χ4n) is 6.42. The Morgan fingerprint density at radius 3 is 2.35 bits per heavy atom. The molecule has 4 aromatic rings. The number of carboxylic acid groups (broad SMARTS) is 1. The second-order valence-corrected chi connectivity index (χ2v) is 12.0. The maximum absolute atomic E-state index is 14.6. The van der Waals surface area contributed by atoms with Crippen LogP contribution in [0.3, 0.4) is 0 Å². The number of benzene rings is 3. The Labute approximate surface area is 278 Å². The van der Waals surface area contributed by atoms with Gasteiger partial charge in [0.15, 0.2) is 5.69 Å². The Hall–Kier alpha value is -4.88. The number of aromatic nitrogens is 2. The largest absolute Gasteiger partial charge is 0.478 e. The zero-order chi connectivity index (χ0) is 34.2. The molecule has 0 bridgehead atoms. The van der Waals surface area contributed by atoms with Gasteiger partial charge in [-0.2, -0.15) is 18.3 Å². The van der Waals surface area contributed by atoms with E-state index in [9.17, 15) is 32.7 Å². The number of amides is 2. The van der Waals surface area contributed by atoms with E-state index in [4.69, 9.17) is 16.3 Å². The van der Waals surface area contributed by atoms with Crippen LogP contribution in [0.2, 0.25) is 5.02 Å². The van der Waals surface area contributed by atoms with Crippen LogP contribution in [0.15, 0.2) is 72.9 Å². The molecule has 0 radical (unpaired) electrons. The van der Waals surface area contributed by atoms with Crippen molar-refractivity contribution in [1.82, 2.24) is 14.7 Å². The number of aromatic carboxylic acids is 1. The van der Waals surface area contributed by atoms with Gasteiger partial charge in [0.2, 0.25) is 0 Å². The van der Waals surface area contributed by atoms with E-state index in [1.165, 1.54) is 48.5 Å². The maximum Gasteiger partial charge on any atom is 0.434 e. The summed E-state index contributed by atoms with van der Waals surface area (Å²) < 4.78 is 50.1. The van der Waals surface area contributed by atoms with E-state index in [1.54, 1.807) is 19.2 Å². The molecular formula is C34H31ClF3N5O5. The lowest BCUT2D eigenvalue weighted by Gasteiger charge is -2.40. The van der Waals surface area contributed by atoms with Crippen molar-refractivity contribution in [3.8, 4) is 5.69 Å². The Morgan fingerprint density at radius 2 is 1.71 bits per heavy atom. The number of alkyl halides is 3. The van der Waals surface area contributed by atoms with Gasteiger partial charge in [-0.3, -0.25) is 9.59 Å². The first kappa shape index (κ1) is 33.0. The molecule has 1 atom stereocenters. The summed E-state index contributed by atoms with van der Waals surface area (Å²) in [6, 6.07) is 15.2. The molecule has 0 aliphatic carbocycles. The third-order valence-electron chi connectivity index (χ3n) is 8.74. The average molecular weight is 682 g/mol. The number of halogens is 4. The molecule has 6 rings (SSSR count). The lowest BCUT2D eigenvalue weighted by molar-refractivity contribution is -0.143. The molecule has 14 heteroatoms. The number of nitrogens with zero attached hydrogens (tertiary/aromatic N) is 4. The topological polar surface area (TPSA) is 117 Å². The summed E-state index contributed by atoms with van der Waals surface area (Å²) in [5.74, 6) is -2.83. The van der Waals surface area contributed by atoms with Crippen molar-refractivity contribution < 1.29 is 37.4 Å². The number of piperidine rings is 1. The Balaban J connectivity index is 1.41. The Bertz CT molecular complexity index is 1850. The summed E-state index contributed by atoms with van der Waals surface area (Å²) in [7, 11) is 1.68. The third-order valence-corrected chi connectivity index (χ3v) is 8.98. The minimum absolute atomic E-state index is 0.00564. The van der Waals surface area contributed by atoms with Gasteiger partial charge in [0.25, 0.3) is 11.8 Å². The van der Waals surface area contributed by atoms with Gasteiger partial charge < -0.3 is 25.0 Å². The first-order valence-corrected chi connectivity index (χ1v) is 15.6. The number of carbonyl (C=O) groups is 3. The monoisotopic (exact) mass is 681 g/mol. The van der Waals surface area contributed by atoms with Crippen molar-refractivity contribution in [3.05, 3.63) is 106 Å². The van der Waals surface area contributed by atoms with Crippen LogP contribution in [0.1, 0.15) is 56.4 Å². The van der Waals surface area contributed by atoms with Crippen molar-refractivity contribution in [3.63, 3.8) is 0 Å². The van der Waals surface area contributed by atoms with E-state index >= 15 is 0 Å². The predicted molar refractivity (Wildman–Crippen MR) is 172 cm³/mol. The number of rotatable bonds is 7. The van der Waals surface area contributed by atoms with Gasteiger partial charge in [-0.05, 0) is 78.9 Å². The lowest BCUT2D eigenvalue weighted by Crippen LogP contribution is -2.46. The molecule has 1 unspecified atom stereocenters. The van der Waals surface area contributed by atoms with E-state index in [0.717, 1.165) is 35.2 Å². The molecule has 2 amide bonds. The van der Waals surface area contributed by atoms with Gasteiger partial charge in [-0.1, -0.05) is 29.8 Å². The number of carbonyl (C=O) groups excluding carboxylic acids is 2. The number of hydrogen-bond donors (Lipinski definition) is 2. The smallest absolute Gasteiger partial charge is 0.434 e. The number of ether oxygens (including phenoxy) is 1. The van der Waals surface area contributed by atoms with Crippen LogP contribution < -0.4 is 10.2 Å². The second kappa shape index (κ2) is 13.3. The van der Waals surface area contributed by atoms with E-state index in [-0.39, 0.29) is 34.6 Å². The molecule has 0 spiro atoms. The molecule has 0 saturated carbocycles. The normalized spacial score (nSPS) is 16.8. The third kappa shape index (κ3) is 6.47. The van der Waals surface area contributed by atoms with Crippen LogP contribution in [-0.2, 0) is 22.1 Å². The van der Waals surface area contributed by atoms with Crippen LogP contribution >= 0.6 is 11.6 Å². The maximum atomic E-state index is 14.6. The molecule has 48 heavy (non-hydrogen) atoms. The number of carboxylic acids is 1. The van der Waals surface area contributed by atoms with Gasteiger partial charge in [0.05, 0.1) is 29.1 Å². The van der Waals surface area contributed by atoms with Crippen molar-refractivity contribution in [2.45, 2.75) is 37.6 Å². The molecule has 1 aromatic heterocycles. The highest BCUT2D eigenvalue weighted by Gasteiger charge is 2.45. The van der Waals surface area contributed by atoms with E-state index in [0.29, 0.717) is 29.8 Å². The molecule has 1 fully saturated rings. The van der Waals surface area contributed by atoms with Crippen molar-refractivity contribution in [1.29, 1.82) is 0 Å². The summed E-state index contributed by atoms with van der Waals surface area (Å²) in [5.41, 5.74) is 0.464. The summed E-state index contributed by atoms with van der Waals surface area (Å²) in [6.45, 7) is 1.37. The summed E-state index contributed by atoms with van der Waals surface area (Å²) >= 11 is 6.05. The van der Waals surface area contributed by atoms with Crippen molar-refractivity contribution >= 4 is 40.8 Å². The summed E-state index contributed by atoms with van der Waals surface area (Å²) in [6.07, 6.45) is -2.09. The molecule has 3 aromatic carbocycles. The fraction of sp³-hybridized carbons (Fsp3) is 0.294.